The van der Waals surface area contributed by atoms with E-state index in [1.165, 1.54) is 7.11 Å². The Hall–Kier alpha value is -1.55. The maximum absolute atomic E-state index is 10.9. The predicted molar refractivity (Wildman–Crippen MR) is 59.4 cm³/mol. The first-order chi connectivity index (χ1) is 7.76. The van der Waals surface area contributed by atoms with Gasteiger partial charge in [-0.3, -0.25) is 0 Å². The molecule has 0 atom stereocenters. The molecule has 1 aromatic carbocycles. The van der Waals surface area contributed by atoms with E-state index in [1.807, 2.05) is 18.2 Å². The molecule has 88 valence electrons. The molecular weight excluding hydrogens is 208 g/mol. The molecule has 0 amide bonds. The fourth-order valence-corrected chi connectivity index (χ4v) is 1.28. The number of hydrogen-bond acceptors (Lipinski definition) is 4. The van der Waals surface area contributed by atoms with Gasteiger partial charge in [0.05, 0.1) is 7.11 Å². The van der Waals surface area contributed by atoms with Gasteiger partial charge >= 0.3 is 5.97 Å². The van der Waals surface area contributed by atoms with Crippen LogP contribution in [0, 0.1) is 0 Å². The molecule has 0 bridgehead atoms. The molecule has 0 saturated heterocycles. The largest absolute Gasteiger partial charge is 0.482 e. The van der Waals surface area contributed by atoms with E-state index in [4.69, 9.17) is 9.84 Å². The van der Waals surface area contributed by atoms with Crippen molar-refractivity contribution in [1.82, 2.24) is 0 Å². The van der Waals surface area contributed by atoms with E-state index in [2.05, 4.69) is 4.74 Å². The fraction of sp³-hybridized carbons (Fsp3) is 0.417. The summed E-state index contributed by atoms with van der Waals surface area (Å²) in [6.07, 6.45) is 1.52. The summed E-state index contributed by atoms with van der Waals surface area (Å²) in [6, 6.07) is 7.46. The fourth-order valence-electron chi connectivity index (χ4n) is 1.28. The Morgan fingerprint density at radius 3 is 2.94 bits per heavy atom. The molecule has 0 radical (unpaired) electrons. The quantitative estimate of drug-likeness (QED) is 0.737. The molecule has 0 aromatic heterocycles. The van der Waals surface area contributed by atoms with Gasteiger partial charge in [0.15, 0.2) is 6.61 Å². The molecule has 1 aromatic rings. The van der Waals surface area contributed by atoms with Crippen molar-refractivity contribution in [2.45, 2.75) is 12.8 Å². The molecule has 0 aliphatic rings. The minimum atomic E-state index is -0.402. The van der Waals surface area contributed by atoms with E-state index < -0.39 is 5.97 Å². The monoisotopic (exact) mass is 224 g/mol. The molecule has 0 aliphatic heterocycles. The molecule has 0 spiro atoms. The topological polar surface area (TPSA) is 55.8 Å². The Labute approximate surface area is 94.8 Å². The molecule has 0 heterocycles. The van der Waals surface area contributed by atoms with Crippen LogP contribution in [0.2, 0.25) is 0 Å². The number of carbonyl (C=O) groups is 1. The average Bonchev–Trinajstić information content (AvgIpc) is 2.34. The van der Waals surface area contributed by atoms with Crippen LogP contribution in [-0.4, -0.2) is 31.4 Å². The Morgan fingerprint density at radius 1 is 1.44 bits per heavy atom. The zero-order chi connectivity index (χ0) is 11.8. The minimum Gasteiger partial charge on any atom is -0.482 e. The van der Waals surface area contributed by atoms with Crippen LogP contribution in [0.3, 0.4) is 0 Å². The molecule has 0 saturated carbocycles. The summed E-state index contributed by atoms with van der Waals surface area (Å²) in [7, 11) is 1.32. The molecule has 1 rings (SSSR count). The van der Waals surface area contributed by atoms with E-state index in [-0.39, 0.29) is 13.2 Å². The molecule has 4 nitrogen and oxygen atoms in total. The van der Waals surface area contributed by atoms with Gasteiger partial charge in [0.2, 0.25) is 0 Å². The second-order valence-electron chi connectivity index (χ2n) is 3.34. The van der Waals surface area contributed by atoms with Crippen molar-refractivity contribution in [2.24, 2.45) is 0 Å². The number of aliphatic hydroxyl groups excluding tert-OH is 1. The number of aliphatic hydroxyl groups is 1. The number of aryl methyl sites for hydroxylation is 1. The van der Waals surface area contributed by atoms with Gasteiger partial charge in [0.1, 0.15) is 5.75 Å². The summed E-state index contributed by atoms with van der Waals surface area (Å²) in [5, 5.41) is 8.71. The zero-order valence-electron chi connectivity index (χ0n) is 9.31. The molecule has 0 unspecified atom stereocenters. The Bertz CT molecular complexity index is 336. The number of benzene rings is 1. The average molecular weight is 224 g/mol. The van der Waals surface area contributed by atoms with Crippen molar-refractivity contribution in [2.75, 3.05) is 20.3 Å². The van der Waals surface area contributed by atoms with Gasteiger partial charge in [-0.2, -0.15) is 0 Å². The summed E-state index contributed by atoms with van der Waals surface area (Å²) in [5.74, 6) is 0.238. The van der Waals surface area contributed by atoms with Crippen molar-refractivity contribution >= 4 is 5.97 Å². The number of esters is 1. The van der Waals surface area contributed by atoms with Crippen LogP contribution in [-0.2, 0) is 16.0 Å². The summed E-state index contributed by atoms with van der Waals surface area (Å²) >= 11 is 0. The standard InChI is InChI=1S/C12H16O4/c1-15-12(14)9-16-11-6-2-4-10(8-11)5-3-7-13/h2,4,6,8,13H,3,5,7,9H2,1H3. The van der Waals surface area contributed by atoms with Crippen molar-refractivity contribution in [3.05, 3.63) is 29.8 Å². The maximum atomic E-state index is 10.9. The molecule has 1 N–H and O–H groups in total. The van der Waals surface area contributed by atoms with E-state index in [1.54, 1.807) is 6.07 Å². The first-order valence-electron chi connectivity index (χ1n) is 5.15. The van der Waals surface area contributed by atoms with Crippen LogP contribution in [0.1, 0.15) is 12.0 Å². The second kappa shape index (κ2) is 6.85. The Morgan fingerprint density at radius 2 is 2.25 bits per heavy atom. The second-order valence-corrected chi connectivity index (χ2v) is 3.34. The van der Waals surface area contributed by atoms with E-state index >= 15 is 0 Å². The zero-order valence-corrected chi connectivity index (χ0v) is 9.31. The lowest BCUT2D eigenvalue weighted by molar-refractivity contribution is -0.142. The van der Waals surface area contributed by atoms with Crippen LogP contribution in [0.4, 0.5) is 0 Å². The third-order valence-corrected chi connectivity index (χ3v) is 2.11. The third kappa shape index (κ3) is 4.31. The van der Waals surface area contributed by atoms with Crippen molar-refractivity contribution in [3.63, 3.8) is 0 Å². The van der Waals surface area contributed by atoms with Gasteiger partial charge in [-0.25, -0.2) is 4.79 Å². The number of rotatable bonds is 6. The molecule has 0 fully saturated rings. The lowest BCUT2D eigenvalue weighted by Gasteiger charge is -2.06. The SMILES string of the molecule is COC(=O)COc1cccc(CCCO)c1. The maximum Gasteiger partial charge on any atom is 0.343 e. The van der Waals surface area contributed by atoms with Gasteiger partial charge in [-0.05, 0) is 30.5 Å². The van der Waals surface area contributed by atoms with Gasteiger partial charge in [0, 0.05) is 6.61 Å². The Balaban J connectivity index is 2.50. The first kappa shape index (κ1) is 12.5. The van der Waals surface area contributed by atoms with Crippen LogP contribution in [0.5, 0.6) is 5.75 Å². The summed E-state index contributed by atoms with van der Waals surface area (Å²) < 4.78 is 9.71. The van der Waals surface area contributed by atoms with E-state index in [9.17, 15) is 4.79 Å². The van der Waals surface area contributed by atoms with Crippen LogP contribution in [0.25, 0.3) is 0 Å². The highest BCUT2D eigenvalue weighted by atomic mass is 16.6. The number of carbonyl (C=O) groups excluding carboxylic acids is 1. The molecule has 4 heteroatoms. The van der Waals surface area contributed by atoms with Crippen molar-refractivity contribution in [3.8, 4) is 5.75 Å². The Kier molecular flexibility index (Phi) is 5.36. The molecular formula is C12H16O4. The highest BCUT2D eigenvalue weighted by Crippen LogP contribution is 2.14. The van der Waals surface area contributed by atoms with E-state index in [0.29, 0.717) is 5.75 Å². The van der Waals surface area contributed by atoms with Crippen molar-refractivity contribution in [1.29, 1.82) is 0 Å². The lowest BCUT2D eigenvalue weighted by Crippen LogP contribution is -2.12. The highest BCUT2D eigenvalue weighted by molar-refractivity contribution is 5.70. The summed E-state index contributed by atoms with van der Waals surface area (Å²) in [5.41, 5.74) is 1.08. The minimum absolute atomic E-state index is 0.0834. The third-order valence-electron chi connectivity index (χ3n) is 2.11. The number of ether oxygens (including phenoxy) is 2. The van der Waals surface area contributed by atoms with Gasteiger partial charge in [-0.15, -0.1) is 0 Å². The predicted octanol–water partition coefficient (Wildman–Crippen LogP) is 1.16. The molecule has 0 aliphatic carbocycles. The summed E-state index contributed by atoms with van der Waals surface area (Å²) in [4.78, 5) is 10.9. The van der Waals surface area contributed by atoms with Crippen molar-refractivity contribution < 1.29 is 19.4 Å². The normalized spacial score (nSPS) is 9.88. The van der Waals surface area contributed by atoms with Crippen LogP contribution < -0.4 is 4.74 Å². The first-order valence-corrected chi connectivity index (χ1v) is 5.15. The van der Waals surface area contributed by atoms with Crippen LogP contribution in [0.15, 0.2) is 24.3 Å². The number of hydrogen-bond donors (Lipinski definition) is 1. The molecule has 16 heavy (non-hydrogen) atoms. The van der Waals surface area contributed by atoms with Gasteiger partial charge in [-0.1, -0.05) is 12.1 Å². The van der Waals surface area contributed by atoms with Gasteiger partial charge in [0.25, 0.3) is 0 Å². The van der Waals surface area contributed by atoms with Crippen LogP contribution >= 0.6 is 0 Å². The van der Waals surface area contributed by atoms with E-state index in [0.717, 1.165) is 18.4 Å². The lowest BCUT2D eigenvalue weighted by atomic mass is 10.1. The van der Waals surface area contributed by atoms with Gasteiger partial charge < -0.3 is 14.6 Å². The number of methoxy groups -OCH3 is 1. The summed E-state index contributed by atoms with van der Waals surface area (Å²) in [6.45, 7) is 0.0905. The smallest absolute Gasteiger partial charge is 0.343 e. The highest BCUT2D eigenvalue weighted by Gasteiger charge is 2.02.